The SMILES string of the molecule is CN1CCN(Cc2cc3nc(/C(C=N)=C/N)nc(N4CCOCC4)c3s2)CC1. The third-order valence-corrected chi connectivity index (χ3v) is 6.39. The Labute approximate surface area is 169 Å². The van der Waals surface area contributed by atoms with E-state index in [9.17, 15) is 0 Å². The van der Waals surface area contributed by atoms with Gasteiger partial charge in [0, 0.05) is 63.1 Å². The Balaban J connectivity index is 1.69. The van der Waals surface area contributed by atoms with Crippen LogP contribution in [-0.2, 0) is 11.3 Å². The fourth-order valence-corrected chi connectivity index (χ4v) is 4.73. The molecule has 0 atom stereocenters. The molecular weight excluding hydrogens is 374 g/mol. The van der Waals surface area contributed by atoms with E-state index in [0.29, 0.717) is 24.6 Å². The van der Waals surface area contributed by atoms with Crippen LogP contribution in [-0.4, -0.2) is 85.5 Å². The van der Waals surface area contributed by atoms with Gasteiger partial charge in [0.2, 0.25) is 0 Å². The number of morpholine rings is 1. The molecule has 0 unspecified atom stereocenters. The first-order chi connectivity index (χ1) is 13.7. The van der Waals surface area contributed by atoms with Crippen molar-refractivity contribution in [3.8, 4) is 0 Å². The molecule has 2 saturated heterocycles. The van der Waals surface area contributed by atoms with Gasteiger partial charge in [-0.3, -0.25) is 4.90 Å². The van der Waals surface area contributed by atoms with E-state index in [-0.39, 0.29) is 0 Å². The molecule has 28 heavy (non-hydrogen) atoms. The number of hydrogen-bond donors (Lipinski definition) is 2. The first-order valence-electron chi connectivity index (χ1n) is 9.64. The topological polar surface area (TPSA) is 94.6 Å². The maximum atomic E-state index is 7.62. The minimum absolute atomic E-state index is 0.510. The molecule has 2 aromatic rings. The molecule has 8 nitrogen and oxygen atoms in total. The summed E-state index contributed by atoms with van der Waals surface area (Å²) >= 11 is 1.78. The van der Waals surface area contributed by atoms with Crippen molar-refractivity contribution in [2.45, 2.75) is 6.54 Å². The van der Waals surface area contributed by atoms with Gasteiger partial charge in [0.1, 0.15) is 0 Å². The van der Waals surface area contributed by atoms with Gasteiger partial charge in [-0.2, -0.15) is 0 Å². The van der Waals surface area contributed by atoms with Crippen molar-refractivity contribution >= 4 is 39.2 Å². The number of fused-ring (bicyclic) bond motifs is 1. The maximum Gasteiger partial charge on any atom is 0.165 e. The fraction of sp³-hybridized carbons (Fsp3) is 0.526. The molecule has 0 spiro atoms. The zero-order chi connectivity index (χ0) is 19.5. The second-order valence-corrected chi connectivity index (χ2v) is 8.38. The van der Waals surface area contributed by atoms with Crippen LogP contribution in [0.15, 0.2) is 12.3 Å². The lowest BCUT2D eigenvalue weighted by Gasteiger charge is -2.31. The number of hydrogen-bond acceptors (Lipinski definition) is 9. The van der Waals surface area contributed by atoms with Gasteiger partial charge >= 0.3 is 0 Å². The lowest BCUT2D eigenvalue weighted by molar-refractivity contribution is 0.122. The molecule has 3 N–H and O–H groups in total. The Bertz CT molecular complexity index is 867. The number of piperazine rings is 1. The van der Waals surface area contributed by atoms with Crippen LogP contribution in [0.2, 0.25) is 0 Å². The van der Waals surface area contributed by atoms with Gasteiger partial charge in [0.15, 0.2) is 11.6 Å². The highest BCUT2D eigenvalue weighted by Crippen LogP contribution is 2.34. The zero-order valence-electron chi connectivity index (χ0n) is 16.2. The molecule has 0 radical (unpaired) electrons. The summed E-state index contributed by atoms with van der Waals surface area (Å²) in [5.41, 5.74) is 7.16. The predicted octanol–water partition coefficient (Wildman–Crippen LogP) is 1.22. The van der Waals surface area contributed by atoms with Crippen LogP contribution in [0.4, 0.5) is 5.82 Å². The van der Waals surface area contributed by atoms with E-state index < -0.39 is 0 Å². The maximum absolute atomic E-state index is 7.62. The van der Waals surface area contributed by atoms with Crippen molar-refractivity contribution in [2.75, 3.05) is 64.4 Å². The summed E-state index contributed by atoms with van der Waals surface area (Å²) in [7, 11) is 2.17. The Morgan fingerprint density at radius 1 is 1.21 bits per heavy atom. The van der Waals surface area contributed by atoms with E-state index in [1.165, 1.54) is 17.3 Å². The first kappa shape index (κ1) is 19.3. The summed E-state index contributed by atoms with van der Waals surface area (Å²) in [6.07, 6.45) is 2.61. The number of likely N-dealkylation sites (N-methyl/N-ethyl adjacent to an activating group) is 1. The standard InChI is InChI=1S/C19H27N7OS/c1-24-2-4-25(5-3-24)13-15-10-16-17(28-15)19(26-6-8-27-9-7-26)23-18(22-16)14(11-20)12-21/h10-12,20H,2-9,13,21H2,1H3/b14-12+,20-11?. The second kappa shape index (κ2) is 8.52. The number of anilines is 1. The summed E-state index contributed by atoms with van der Waals surface area (Å²) in [5, 5.41) is 7.62. The van der Waals surface area contributed by atoms with E-state index in [4.69, 9.17) is 25.8 Å². The third-order valence-electron chi connectivity index (χ3n) is 5.28. The van der Waals surface area contributed by atoms with E-state index in [1.807, 2.05) is 0 Å². The van der Waals surface area contributed by atoms with Crippen LogP contribution in [0.1, 0.15) is 10.7 Å². The average Bonchev–Trinajstić information content (AvgIpc) is 3.13. The molecule has 0 bridgehead atoms. The Hall–Kier alpha value is -2.07. The van der Waals surface area contributed by atoms with E-state index in [0.717, 1.165) is 61.8 Å². The third kappa shape index (κ3) is 4.02. The zero-order valence-corrected chi connectivity index (χ0v) is 17.0. The number of aromatic nitrogens is 2. The molecule has 4 rings (SSSR count). The Morgan fingerprint density at radius 2 is 1.96 bits per heavy atom. The monoisotopic (exact) mass is 401 g/mol. The normalized spacial score (nSPS) is 20.0. The smallest absolute Gasteiger partial charge is 0.165 e. The van der Waals surface area contributed by atoms with E-state index in [2.05, 4.69) is 27.8 Å². The van der Waals surface area contributed by atoms with Crippen LogP contribution >= 0.6 is 11.3 Å². The van der Waals surface area contributed by atoms with Gasteiger partial charge in [-0.1, -0.05) is 0 Å². The van der Waals surface area contributed by atoms with Crippen molar-refractivity contribution in [3.05, 3.63) is 23.0 Å². The molecule has 150 valence electrons. The minimum Gasteiger partial charge on any atom is -0.404 e. The molecule has 0 saturated carbocycles. The molecule has 4 heterocycles. The molecule has 0 aromatic carbocycles. The quantitative estimate of drug-likeness (QED) is 0.728. The van der Waals surface area contributed by atoms with Crippen molar-refractivity contribution in [3.63, 3.8) is 0 Å². The lowest BCUT2D eigenvalue weighted by Crippen LogP contribution is -2.43. The van der Waals surface area contributed by atoms with Crippen LogP contribution in [0.25, 0.3) is 15.8 Å². The highest BCUT2D eigenvalue weighted by Gasteiger charge is 2.21. The van der Waals surface area contributed by atoms with Crippen LogP contribution in [0.5, 0.6) is 0 Å². The molecule has 2 fully saturated rings. The number of nitrogens with one attached hydrogen (secondary N) is 1. The number of allylic oxidation sites excluding steroid dienone is 1. The molecule has 2 aliphatic rings. The van der Waals surface area contributed by atoms with E-state index >= 15 is 0 Å². The summed E-state index contributed by atoms with van der Waals surface area (Å²) in [6, 6.07) is 2.17. The highest BCUT2D eigenvalue weighted by atomic mass is 32.1. The molecule has 2 aromatic heterocycles. The summed E-state index contributed by atoms with van der Waals surface area (Å²) < 4.78 is 6.62. The molecule has 0 aliphatic carbocycles. The number of ether oxygens (including phenoxy) is 1. The van der Waals surface area contributed by atoms with Crippen molar-refractivity contribution < 1.29 is 4.74 Å². The number of thiophene rings is 1. The average molecular weight is 402 g/mol. The van der Waals surface area contributed by atoms with Crippen molar-refractivity contribution in [2.24, 2.45) is 5.73 Å². The van der Waals surface area contributed by atoms with Gasteiger partial charge in [-0.05, 0) is 13.1 Å². The van der Waals surface area contributed by atoms with Crippen LogP contribution in [0, 0.1) is 5.41 Å². The van der Waals surface area contributed by atoms with Crippen LogP contribution < -0.4 is 10.6 Å². The van der Waals surface area contributed by atoms with Crippen molar-refractivity contribution in [1.82, 2.24) is 19.8 Å². The molecule has 9 heteroatoms. The number of nitrogens with two attached hydrogens (primary N) is 1. The first-order valence-corrected chi connectivity index (χ1v) is 10.5. The van der Waals surface area contributed by atoms with Gasteiger partial charge in [-0.15, -0.1) is 11.3 Å². The lowest BCUT2D eigenvalue weighted by atomic mass is 10.2. The number of rotatable bonds is 5. The van der Waals surface area contributed by atoms with Gasteiger partial charge in [-0.25, -0.2) is 9.97 Å². The summed E-state index contributed by atoms with van der Waals surface area (Å²) in [5.74, 6) is 1.44. The molecule has 0 amide bonds. The second-order valence-electron chi connectivity index (χ2n) is 7.24. The fourth-order valence-electron chi connectivity index (χ4n) is 3.57. The van der Waals surface area contributed by atoms with Crippen molar-refractivity contribution in [1.29, 1.82) is 5.41 Å². The molecular formula is C19H27N7OS. The Morgan fingerprint density at radius 3 is 2.64 bits per heavy atom. The summed E-state index contributed by atoms with van der Waals surface area (Å²) in [6.45, 7) is 8.35. The largest absolute Gasteiger partial charge is 0.404 e. The highest BCUT2D eigenvalue weighted by molar-refractivity contribution is 7.19. The minimum atomic E-state index is 0.510. The Kier molecular flexibility index (Phi) is 5.86. The van der Waals surface area contributed by atoms with Gasteiger partial charge in [0.25, 0.3) is 0 Å². The van der Waals surface area contributed by atoms with Gasteiger partial charge < -0.3 is 25.7 Å². The molecule has 2 aliphatic heterocycles. The summed E-state index contributed by atoms with van der Waals surface area (Å²) in [4.78, 5) is 17.9. The number of nitrogens with zero attached hydrogens (tertiary/aromatic N) is 5. The van der Waals surface area contributed by atoms with E-state index in [1.54, 1.807) is 11.3 Å². The van der Waals surface area contributed by atoms with Gasteiger partial charge in [0.05, 0.1) is 29.0 Å². The predicted molar refractivity (Wildman–Crippen MR) is 114 cm³/mol. The van der Waals surface area contributed by atoms with Crippen LogP contribution in [0.3, 0.4) is 0 Å².